The lowest BCUT2D eigenvalue weighted by Crippen LogP contribution is -2.49. The molecule has 1 aromatic rings. The molecular weight excluding hydrogens is 398 g/mol. The molecule has 1 amide bonds. The highest BCUT2D eigenvalue weighted by atomic mass is 32.2. The van der Waals surface area contributed by atoms with E-state index in [4.69, 9.17) is 0 Å². The van der Waals surface area contributed by atoms with E-state index in [0.717, 1.165) is 58.2 Å². The molecule has 2 aliphatic heterocycles. The van der Waals surface area contributed by atoms with Crippen LogP contribution in [0.2, 0.25) is 0 Å². The van der Waals surface area contributed by atoms with Crippen LogP contribution in [-0.2, 0) is 21.4 Å². The molecule has 7 heteroatoms. The van der Waals surface area contributed by atoms with Gasteiger partial charge in [0.2, 0.25) is 15.9 Å². The van der Waals surface area contributed by atoms with E-state index in [1.165, 1.54) is 18.2 Å². The molecule has 1 N–H and O–H groups in total. The number of benzene rings is 1. The number of nitrogens with one attached hydrogen (secondary N) is 1. The van der Waals surface area contributed by atoms with Crippen LogP contribution < -0.4 is 5.32 Å². The Bertz CT molecular complexity index is 829. The van der Waals surface area contributed by atoms with Crippen LogP contribution in [0.15, 0.2) is 30.3 Å². The SMILES string of the molecule is CS(=O)(=O)N1CC(C(=O)NC2CCN(Cc3ccccc3)CC2)C2(CCCCC2)C1. The minimum absolute atomic E-state index is 0.0737. The lowest BCUT2D eigenvalue weighted by molar-refractivity contribution is -0.129. The van der Waals surface area contributed by atoms with Crippen molar-refractivity contribution in [2.24, 2.45) is 11.3 Å². The Balaban J connectivity index is 1.35. The fourth-order valence-corrected chi connectivity index (χ4v) is 6.59. The van der Waals surface area contributed by atoms with Gasteiger partial charge < -0.3 is 5.32 Å². The van der Waals surface area contributed by atoms with Crippen molar-refractivity contribution in [1.82, 2.24) is 14.5 Å². The van der Waals surface area contributed by atoms with Crippen LogP contribution in [0, 0.1) is 11.3 Å². The molecule has 0 bridgehead atoms. The van der Waals surface area contributed by atoms with Gasteiger partial charge in [-0.05, 0) is 36.7 Å². The van der Waals surface area contributed by atoms with Crippen molar-refractivity contribution in [3.8, 4) is 0 Å². The summed E-state index contributed by atoms with van der Waals surface area (Å²) in [6.07, 6.45) is 8.49. The number of sulfonamides is 1. The molecule has 3 fully saturated rings. The van der Waals surface area contributed by atoms with Gasteiger partial charge in [0.15, 0.2) is 0 Å². The number of hydrogen-bond donors (Lipinski definition) is 1. The Morgan fingerprint density at radius 1 is 1.10 bits per heavy atom. The molecule has 1 aliphatic carbocycles. The molecule has 1 unspecified atom stereocenters. The zero-order chi connectivity index (χ0) is 21.2. The summed E-state index contributed by atoms with van der Waals surface area (Å²) in [4.78, 5) is 15.7. The second-order valence-electron chi connectivity index (χ2n) is 9.58. The average molecular weight is 434 g/mol. The van der Waals surface area contributed by atoms with E-state index in [9.17, 15) is 13.2 Å². The normalized spacial score (nSPS) is 26.1. The Hall–Kier alpha value is -1.44. The van der Waals surface area contributed by atoms with E-state index in [1.807, 2.05) is 6.07 Å². The lowest BCUT2D eigenvalue weighted by Gasteiger charge is -2.39. The van der Waals surface area contributed by atoms with Crippen LogP contribution in [-0.4, -0.2) is 62.0 Å². The van der Waals surface area contributed by atoms with Crippen LogP contribution in [0.3, 0.4) is 0 Å². The molecule has 0 aromatic heterocycles. The van der Waals surface area contributed by atoms with Crippen LogP contribution in [0.25, 0.3) is 0 Å². The molecule has 166 valence electrons. The predicted molar refractivity (Wildman–Crippen MR) is 118 cm³/mol. The van der Waals surface area contributed by atoms with Gasteiger partial charge in [0, 0.05) is 38.8 Å². The second-order valence-corrected chi connectivity index (χ2v) is 11.6. The summed E-state index contributed by atoms with van der Waals surface area (Å²) in [5.41, 5.74) is 1.16. The standard InChI is InChI=1S/C23H35N3O3S/c1-30(28,29)26-17-21(23(18-26)12-6-3-7-13-23)22(27)24-20-10-14-25(15-11-20)16-19-8-4-2-5-9-19/h2,4-5,8-9,20-21H,3,6-7,10-18H2,1H3,(H,24,27). The Morgan fingerprint density at radius 2 is 1.77 bits per heavy atom. The molecular formula is C23H35N3O3S. The largest absolute Gasteiger partial charge is 0.353 e. The van der Waals surface area contributed by atoms with Gasteiger partial charge in [0.05, 0.1) is 12.2 Å². The van der Waals surface area contributed by atoms with Crippen molar-refractivity contribution in [1.29, 1.82) is 0 Å². The fourth-order valence-electron chi connectivity index (χ4n) is 5.68. The number of hydrogen-bond acceptors (Lipinski definition) is 4. The lowest BCUT2D eigenvalue weighted by atomic mass is 9.67. The maximum atomic E-state index is 13.3. The summed E-state index contributed by atoms with van der Waals surface area (Å²) < 4.78 is 25.9. The van der Waals surface area contributed by atoms with Gasteiger partial charge in [-0.3, -0.25) is 9.69 Å². The molecule has 1 spiro atoms. The molecule has 2 saturated heterocycles. The van der Waals surface area contributed by atoms with E-state index >= 15 is 0 Å². The van der Waals surface area contributed by atoms with Gasteiger partial charge in [0.1, 0.15) is 0 Å². The third kappa shape index (κ3) is 4.89. The molecule has 6 nitrogen and oxygen atoms in total. The smallest absolute Gasteiger partial charge is 0.225 e. The number of piperidine rings is 1. The van der Waals surface area contributed by atoms with Crippen molar-refractivity contribution < 1.29 is 13.2 Å². The summed E-state index contributed by atoms with van der Waals surface area (Å²) in [7, 11) is -3.27. The maximum absolute atomic E-state index is 13.3. The molecule has 1 atom stereocenters. The summed E-state index contributed by atoms with van der Waals surface area (Å²) in [6, 6.07) is 10.7. The molecule has 1 aromatic carbocycles. The van der Waals surface area contributed by atoms with Crippen molar-refractivity contribution in [2.45, 2.75) is 57.5 Å². The first kappa shape index (κ1) is 21.8. The van der Waals surface area contributed by atoms with Crippen LogP contribution in [0.1, 0.15) is 50.5 Å². The van der Waals surface area contributed by atoms with Crippen molar-refractivity contribution in [3.63, 3.8) is 0 Å². The Kier molecular flexibility index (Phi) is 6.51. The van der Waals surface area contributed by atoms with E-state index in [-0.39, 0.29) is 23.3 Å². The zero-order valence-corrected chi connectivity index (χ0v) is 18.9. The Morgan fingerprint density at radius 3 is 2.40 bits per heavy atom. The number of carbonyl (C=O) groups is 1. The van der Waals surface area contributed by atoms with Gasteiger partial charge in [-0.15, -0.1) is 0 Å². The molecule has 0 radical (unpaired) electrons. The topological polar surface area (TPSA) is 69.7 Å². The van der Waals surface area contributed by atoms with Crippen LogP contribution in [0.4, 0.5) is 0 Å². The highest BCUT2D eigenvalue weighted by Gasteiger charge is 2.52. The van der Waals surface area contributed by atoms with Gasteiger partial charge in [-0.25, -0.2) is 12.7 Å². The van der Waals surface area contributed by atoms with Crippen LogP contribution >= 0.6 is 0 Å². The average Bonchev–Trinajstić information content (AvgIpc) is 3.10. The first-order valence-electron chi connectivity index (χ1n) is 11.4. The van der Waals surface area contributed by atoms with Gasteiger partial charge in [0.25, 0.3) is 0 Å². The van der Waals surface area contributed by atoms with Crippen LogP contribution in [0.5, 0.6) is 0 Å². The second kappa shape index (κ2) is 8.97. The first-order valence-corrected chi connectivity index (χ1v) is 13.2. The monoisotopic (exact) mass is 433 g/mol. The molecule has 30 heavy (non-hydrogen) atoms. The molecule has 3 aliphatic rings. The zero-order valence-electron chi connectivity index (χ0n) is 18.1. The van der Waals surface area contributed by atoms with Crippen molar-refractivity contribution in [3.05, 3.63) is 35.9 Å². The number of rotatable bonds is 5. The molecule has 1 saturated carbocycles. The number of amides is 1. The predicted octanol–water partition coefficient (Wildman–Crippen LogP) is 2.61. The summed E-state index contributed by atoms with van der Waals surface area (Å²) in [6.45, 7) is 3.77. The highest BCUT2D eigenvalue weighted by Crippen LogP contribution is 2.48. The van der Waals surface area contributed by atoms with Crippen molar-refractivity contribution in [2.75, 3.05) is 32.4 Å². The van der Waals surface area contributed by atoms with Gasteiger partial charge in [-0.2, -0.15) is 0 Å². The summed E-state index contributed by atoms with van der Waals surface area (Å²) in [5.74, 6) is -0.139. The third-order valence-corrected chi connectivity index (χ3v) is 8.65. The number of carbonyl (C=O) groups excluding carboxylic acids is 1. The van der Waals surface area contributed by atoms with E-state index in [2.05, 4.69) is 34.5 Å². The summed E-state index contributed by atoms with van der Waals surface area (Å²) >= 11 is 0. The number of likely N-dealkylation sites (tertiary alicyclic amines) is 1. The van der Waals surface area contributed by atoms with Gasteiger partial charge >= 0.3 is 0 Å². The Labute approximate surface area is 181 Å². The molecule has 2 heterocycles. The summed E-state index contributed by atoms with van der Waals surface area (Å²) in [5, 5.41) is 3.30. The fraction of sp³-hybridized carbons (Fsp3) is 0.696. The quantitative estimate of drug-likeness (QED) is 0.775. The minimum atomic E-state index is -3.27. The van der Waals surface area contributed by atoms with Crippen molar-refractivity contribution >= 4 is 15.9 Å². The van der Waals surface area contributed by atoms with Gasteiger partial charge in [-0.1, -0.05) is 49.6 Å². The van der Waals surface area contributed by atoms with E-state index in [1.54, 1.807) is 4.31 Å². The highest BCUT2D eigenvalue weighted by molar-refractivity contribution is 7.88. The first-order chi connectivity index (χ1) is 14.4. The van der Waals surface area contributed by atoms with E-state index in [0.29, 0.717) is 13.1 Å². The van der Waals surface area contributed by atoms with E-state index < -0.39 is 10.0 Å². The minimum Gasteiger partial charge on any atom is -0.353 e. The maximum Gasteiger partial charge on any atom is 0.225 e. The third-order valence-electron chi connectivity index (χ3n) is 7.43. The molecule has 4 rings (SSSR count). The number of nitrogens with zero attached hydrogens (tertiary/aromatic N) is 2.